The number of hydrogen-bond acceptors (Lipinski definition) is 5. The summed E-state index contributed by atoms with van der Waals surface area (Å²) < 4.78 is 0. The van der Waals surface area contributed by atoms with E-state index >= 15 is 0 Å². The zero-order chi connectivity index (χ0) is 15.8. The van der Waals surface area contributed by atoms with Gasteiger partial charge in [0.05, 0.1) is 11.9 Å². The van der Waals surface area contributed by atoms with Gasteiger partial charge in [-0.1, -0.05) is 6.07 Å². The lowest BCUT2D eigenvalue weighted by Gasteiger charge is -2.19. The molecule has 2 aromatic rings. The van der Waals surface area contributed by atoms with Crippen LogP contribution in [0.2, 0.25) is 0 Å². The van der Waals surface area contributed by atoms with Crippen LogP contribution in [0.15, 0.2) is 48.1 Å². The monoisotopic (exact) mass is 314 g/mol. The zero-order valence-electron chi connectivity index (χ0n) is 12.6. The summed E-state index contributed by atoms with van der Waals surface area (Å²) in [5, 5.41) is 4.79. The van der Waals surface area contributed by atoms with E-state index in [1.807, 2.05) is 37.1 Å². The predicted octanol–water partition coefficient (Wildman–Crippen LogP) is 1.64. The van der Waals surface area contributed by atoms with Crippen LogP contribution in [-0.4, -0.2) is 44.3 Å². The van der Waals surface area contributed by atoms with Crippen molar-refractivity contribution in [2.75, 3.05) is 13.6 Å². The van der Waals surface area contributed by atoms with E-state index in [1.165, 1.54) is 0 Å². The highest BCUT2D eigenvalue weighted by Crippen LogP contribution is 1.98. The average molecular weight is 314 g/mol. The Morgan fingerprint density at radius 2 is 2.14 bits per heavy atom. The third-order valence-electron chi connectivity index (χ3n) is 3.03. The molecule has 0 aliphatic heterocycles. The Hall–Kier alpha value is -2.41. The molecule has 2 rings (SSSR count). The van der Waals surface area contributed by atoms with Crippen molar-refractivity contribution >= 4 is 23.0 Å². The van der Waals surface area contributed by atoms with E-state index in [1.54, 1.807) is 24.8 Å². The fraction of sp³-hybridized carbons (Fsp3) is 0.267. The van der Waals surface area contributed by atoms with Crippen molar-refractivity contribution in [3.05, 3.63) is 54.4 Å². The topological polar surface area (TPSA) is 66.3 Å². The van der Waals surface area contributed by atoms with Gasteiger partial charge in [-0.2, -0.15) is 5.10 Å². The summed E-state index contributed by atoms with van der Waals surface area (Å²) >= 11 is 5.31. The normalized spacial score (nSPS) is 11.1. The molecule has 0 radical (unpaired) electrons. The van der Waals surface area contributed by atoms with E-state index < -0.39 is 0 Å². The highest BCUT2D eigenvalue weighted by Gasteiger charge is 2.05. The molecule has 0 atom stereocenters. The van der Waals surface area contributed by atoms with E-state index in [0.717, 1.165) is 24.4 Å². The predicted molar refractivity (Wildman–Crippen MR) is 90.5 cm³/mol. The van der Waals surface area contributed by atoms with E-state index in [-0.39, 0.29) is 0 Å². The van der Waals surface area contributed by atoms with E-state index in [0.29, 0.717) is 10.8 Å². The second-order valence-corrected chi connectivity index (χ2v) is 5.08. The first-order chi connectivity index (χ1) is 10.7. The molecule has 0 aliphatic rings. The Bertz CT molecular complexity index is 629. The molecule has 2 aromatic heterocycles. The zero-order valence-corrected chi connectivity index (χ0v) is 13.4. The van der Waals surface area contributed by atoms with Crippen LogP contribution in [0.1, 0.15) is 18.3 Å². The Balaban J connectivity index is 1.84. The molecule has 6 nitrogen and oxygen atoms in total. The van der Waals surface area contributed by atoms with Crippen LogP contribution in [0.5, 0.6) is 0 Å². The Kier molecular flexibility index (Phi) is 5.91. The van der Waals surface area contributed by atoms with E-state index in [2.05, 4.69) is 25.5 Å². The number of hydrazone groups is 1. The molecule has 0 spiro atoms. The second kappa shape index (κ2) is 8.14. The number of nitrogens with zero attached hydrogens (tertiary/aromatic N) is 5. The summed E-state index contributed by atoms with van der Waals surface area (Å²) in [4.78, 5) is 14.4. The first-order valence-corrected chi connectivity index (χ1v) is 7.29. The van der Waals surface area contributed by atoms with Gasteiger partial charge in [0.15, 0.2) is 5.11 Å². The van der Waals surface area contributed by atoms with Gasteiger partial charge in [0.1, 0.15) is 5.69 Å². The van der Waals surface area contributed by atoms with Crippen LogP contribution < -0.4 is 5.43 Å². The molecule has 2 heterocycles. The smallest absolute Gasteiger partial charge is 0.189 e. The van der Waals surface area contributed by atoms with Crippen molar-refractivity contribution in [2.24, 2.45) is 5.10 Å². The maximum atomic E-state index is 5.31. The number of likely N-dealkylation sites (N-methyl/N-ethyl adjacent to an activating group) is 1. The van der Waals surface area contributed by atoms with Gasteiger partial charge in [0, 0.05) is 44.3 Å². The maximum absolute atomic E-state index is 5.31. The minimum Gasteiger partial charge on any atom is -0.351 e. The summed E-state index contributed by atoms with van der Waals surface area (Å²) in [6.07, 6.45) is 7.53. The summed E-state index contributed by atoms with van der Waals surface area (Å²) in [6.45, 7) is 2.62. The first-order valence-electron chi connectivity index (χ1n) is 6.88. The first kappa shape index (κ1) is 16.0. The van der Waals surface area contributed by atoms with Crippen LogP contribution in [0.3, 0.4) is 0 Å². The summed E-state index contributed by atoms with van der Waals surface area (Å²) in [5.41, 5.74) is 5.36. The largest absolute Gasteiger partial charge is 0.351 e. The second-order valence-electron chi connectivity index (χ2n) is 4.70. The molecule has 114 valence electrons. The van der Waals surface area contributed by atoms with Crippen molar-refractivity contribution in [3.8, 4) is 0 Å². The van der Waals surface area contributed by atoms with Gasteiger partial charge in [0.25, 0.3) is 0 Å². The number of hydrogen-bond donors (Lipinski definition) is 1. The summed E-state index contributed by atoms with van der Waals surface area (Å²) in [6, 6.07) is 5.89. The van der Waals surface area contributed by atoms with Gasteiger partial charge in [-0.25, -0.2) is 0 Å². The average Bonchev–Trinajstić information content (AvgIpc) is 2.58. The number of nitrogens with one attached hydrogen (secondary N) is 1. The number of rotatable bonds is 5. The van der Waals surface area contributed by atoms with Crippen LogP contribution in [-0.2, 0) is 6.42 Å². The Morgan fingerprint density at radius 3 is 2.82 bits per heavy atom. The third kappa shape index (κ3) is 4.85. The third-order valence-corrected chi connectivity index (χ3v) is 3.43. The minimum absolute atomic E-state index is 0.555. The maximum Gasteiger partial charge on any atom is 0.189 e. The molecule has 0 saturated carbocycles. The van der Waals surface area contributed by atoms with Crippen LogP contribution >= 0.6 is 12.2 Å². The highest BCUT2D eigenvalue weighted by molar-refractivity contribution is 7.80. The highest BCUT2D eigenvalue weighted by atomic mass is 32.1. The van der Waals surface area contributed by atoms with Gasteiger partial charge in [-0.05, 0) is 31.3 Å². The van der Waals surface area contributed by atoms with Crippen molar-refractivity contribution in [2.45, 2.75) is 13.3 Å². The van der Waals surface area contributed by atoms with Crippen molar-refractivity contribution in [1.29, 1.82) is 0 Å². The molecule has 0 saturated heterocycles. The number of aromatic nitrogens is 3. The van der Waals surface area contributed by atoms with Crippen LogP contribution in [0.4, 0.5) is 0 Å². The molecule has 0 fully saturated rings. The van der Waals surface area contributed by atoms with Crippen LogP contribution in [0.25, 0.3) is 0 Å². The summed E-state index contributed by atoms with van der Waals surface area (Å²) in [5.74, 6) is 0. The van der Waals surface area contributed by atoms with Gasteiger partial charge in [0.2, 0.25) is 0 Å². The lowest BCUT2D eigenvalue weighted by Crippen LogP contribution is -2.36. The number of pyridine rings is 1. The molecule has 0 unspecified atom stereocenters. The van der Waals surface area contributed by atoms with Crippen molar-refractivity contribution in [3.63, 3.8) is 0 Å². The SMILES string of the molecule is C/C(=N\NC(=S)N(C)CCc1ccccn1)c1cnccn1. The molecular formula is C15H18N6S. The van der Waals surface area contributed by atoms with Gasteiger partial charge in [-0.3, -0.25) is 20.4 Å². The Morgan fingerprint density at radius 1 is 1.27 bits per heavy atom. The Labute approximate surface area is 135 Å². The molecular weight excluding hydrogens is 296 g/mol. The van der Waals surface area contributed by atoms with Gasteiger partial charge >= 0.3 is 0 Å². The molecule has 0 aromatic carbocycles. The van der Waals surface area contributed by atoms with E-state index in [4.69, 9.17) is 12.2 Å². The van der Waals surface area contributed by atoms with Gasteiger partial charge < -0.3 is 4.90 Å². The van der Waals surface area contributed by atoms with Gasteiger partial charge in [-0.15, -0.1) is 0 Å². The molecule has 1 N–H and O–H groups in total. The van der Waals surface area contributed by atoms with E-state index in [9.17, 15) is 0 Å². The summed E-state index contributed by atoms with van der Waals surface area (Å²) in [7, 11) is 1.92. The van der Waals surface area contributed by atoms with Crippen molar-refractivity contribution in [1.82, 2.24) is 25.3 Å². The minimum atomic E-state index is 0.555. The molecule has 7 heteroatoms. The number of thiocarbonyl (C=S) groups is 1. The molecule has 0 amide bonds. The standard InChI is InChI=1S/C15H18N6S/c1-12(14-11-16-8-9-18-14)19-20-15(22)21(2)10-6-13-5-3-4-7-17-13/h3-5,7-9,11H,6,10H2,1-2H3,(H,20,22)/b19-12+. The molecule has 22 heavy (non-hydrogen) atoms. The molecule has 0 bridgehead atoms. The fourth-order valence-corrected chi connectivity index (χ4v) is 1.83. The van der Waals surface area contributed by atoms with Crippen LogP contribution in [0, 0.1) is 0 Å². The molecule has 0 aliphatic carbocycles. The fourth-order valence-electron chi connectivity index (χ4n) is 1.69. The lowest BCUT2D eigenvalue weighted by atomic mass is 10.2. The quantitative estimate of drug-likeness (QED) is 0.514. The van der Waals surface area contributed by atoms with Crippen molar-refractivity contribution < 1.29 is 0 Å². The lowest BCUT2D eigenvalue weighted by molar-refractivity contribution is 0.496.